The molecule has 0 saturated carbocycles. The SMILES string of the molecule is O=C(O)C/C(=C\c1cn(-c2ccccc2)nc1-c1ccncc1)c1nc2ccccc2s1. The Kier molecular flexibility index (Phi) is 5.31. The van der Waals surface area contributed by atoms with Crippen LogP contribution >= 0.6 is 11.3 Å². The van der Waals surface area contributed by atoms with Crippen LogP contribution in [0.3, 0.4) is 0 Å². The Balaban J connectivity index is 1.68. The third-order valence-electron chi connectivity index (χ3n) is 4.96. The number of aromatic nitrogens is 4. The first-order chi connectivity index (χ1) is 15.7. The minimum atomic E-state index is -0.906. The van der Waals surface area contributed by atoms with Gasteiger partial charge in [-0.15, -0.1) is 11.3 Å². The van der Waals surface area contributed by atoms with E-state index in [9.17, 15) is 9.90 Å². The number of rotatable bonds is 6. The number of benzene rings is 2. The lowest BCUT2D eigenvalue weighted by atomic mass is 10.1. The van der Waals surface area contributed by atoms with E-state index >= 15 is 0 Å². The average Bonchev–Trinajstić information content (AvgIpc) is 3.44. The Morgan fingerprint density at radius 2 is 1.75 bits per heavy atom. The minimum absolute atomic E-state index is 0.133. The second-order valence-electron chi connectivity index (χ2n) is 7.18. The predicted molar refractivity (Wildman–Crippen MR) is 127 cm³/mol. The van der Waals surface area contributed by atoms with Crippen molar-refractivity contribution >= 4 is 39.2 Å². The molecule has 0 fully saturated rings. The van der Waals surface area contributed by atoms with Crippen molar-refractivity contribution in [1.29, 1.82) is 0 Å². The number of carbonyl (C=O) groups is 1. The smallest absolute Gasteiger partial charge is 0.307 e. The van der Waals surface area contributed by atoms with Crippen LogP contribution in [0.1, 0.15) is 17.0 Å². The van der Waals surface area contributed by atoms with Crippen molar-refractivity contribution in [2.75, 3.05) is 0 Å². The summed E-state index contributed by atoms with van der Waals surface area (Å²) in [5.74, 6) is -0.906. The van der Waals surface area contributed by atoms with Crippen molar-refractivity contribution in [2.45, 2.75) is 6.42 Å². The number of nitrogens with zero attached hydrogens (tertiary/aromatic N) is 4. The Morgan fingerprint density at radius 3 is 2.50 bits per heavy atom. The minimum Gasteiger partial charge on any atom is -0.481 e. The topological polar surface area (TPSA) is 80.9 Å². The molecule has 0 atom stereocenters. The zero-order chi connectivity index (χ0) is 21.9. The van der Waals surface area contributed by atoms with Crippen LogP contribution in [0.25, 0.3) is 38.8 Å². The first-order valence-corrected chi connectivity index (χ1v) is 10.8. The molecule has 0 aliphatic carbocycles. The van der Waals surface area contributed by atoms with E-state index in [4.69, 9.17) is 5.10 Å². The van der Waals surface area contributed by atoms with Gasteiger partial charge < -0.3 is 5.11 Å². The Bertz CT molecular complexity index is 1390. The molecule has 0 amide bonds. The van der Waals surface area contributed by atoms with Gasteiger partial charge in [-0.2, -0.15) is 5.10 Å². The van der Waals surface area contributed by atoms with Gasteiger partial charge in [0.05, 0.1) is 22.3 Å². The van der Waals surface area contributed by atoms with Gasteiger partial charge in [-0.3, -0.25) is 9.78 Å². The molecule has 0 spiro atoms. The normalized spacial score (nSPS) is 11.7. The first kappa shape index (κ1) is 19.8. The second-order valence-corrected chi connectivity index (χ2v) is 8.21. The molecule has 0 aliphatic heterocycles. The molecule has 0 radical (unpaired) electrons. The summed E-state index contributed by atoms with van der Waals surface area (Å²) in [5, 5.41) is 15.1. The second kappa shape index (κ2) is 8.56. The molecule has 1 N–H and O–H groups in total. The molecular formula is C25H18N4O2S. The largest absolute Gasteiger partial charge is 0.481 e. The van der Waals surface area contributed by atoms with E-state index in [0.29, 0.717) is 10.6 Å². The number of para-hydroxylation sites is 2. The number of pyridine rings is 1. The van der Waals surface area contributed by atoms with E-state index in [0.717, 1.165) is 32.7 Å². The van der Waals surface area contributed by atoms with Crippen LogP contribution < -0.4 is 0 Å². The van der Waals surface area contributed by atoms with E-state index in [1.807, 2.05) is 79.0 Å². The predicted octanol–water partition coefficient (Wildman–Crippen LogP) is 5.56. The number of carboxylic acid groups (broad SMARTS) is 1. The first-order valence-electron chi connectivity index (χ1n) is 10.0. The van der Waals surface area contributed by atoms with E-state index in [1.54, 1.807) is 17.1 Å². The molecule has 0 bridgehead atoms. The number of hydrogen-bond donors (Lipinski definition) is 1. The maximum Gasteiger partial charge on any atom is 0.307 e. The summed E-state index contributed by atoms with van der Waals surface area (Å²) >= 11 is 1.49. The molecule has 32 heavy (non-hydrogen) atoms. The van der Waals surface area contributed by atoms with Gasteiger partial charge in [-0.25, -0.2) is 9.67 Å². The lowest BCUT2D eigenvalue weighted by molar-refractivity contribution is -0.135. The molecule has 156 valence electrons. The summed E-state index contributed by atoms with van der Waals surface area (Å²) in [6, 6.07) is 21.4. The summed E-state index contributed by atoms with van der Waals surface area (Å²) in [6.45, 7) is 0. The molecule has 0 unspecified atom stereocenters. The highest BCUT2D eigenvalue weighted by Gasteiger charge is 2.16. The quantitative estimate of drug-likeness (QED) is 0.375. The molecule has 5 rings (SSSR count). The molecule has 2 aromatic carbocycles. The maximum absolute atomic E-state index is 11.7. The van der Waals surface area contributed by atoms with Gasteiger partial charge in [0.1, 0.15) is 10.7 Å². The van der Waals surface area contributed by atoms with Crippen molar-refractivity contribution in [2.24, 2.45) is 0 Å². The maximum atomic E-state index is 11.7. The van der Waals surface area contributed by atoms with Crippen molar-refractivity contribution in [1.82, 2.24) is 19.7 Å². The molecule has 0 saturated heterocycles. The van der Waals surface area contributed by atoms with Crippen LogP contribution in [0.4, 0.5) is 0 Å². The van der Waals surface area contributed by atoms with E-state index in [1.165, 1.54) is 11.3 Å². The van der Waals surface area contributed by atoms with Crippen LogP contribution in [0.5, 0.6) is 0 Å². The molecular weight excluding hydrogens is 420 g/mol. The van der Waals surface area contributed by atoms with Gasteiger partial charge in [-0.05, 0) is 48.0 Å². The molecule has 3 heterocycles. The number of aliphatic carboxylic acids is 1. The monoisotopic (exact) mass is 438 g/mol. The van der Waals surface area contributed by atoms with E-state index in [2.05, 4.69) is 9.97 Å². The van der Waals surface area contributed by atoms with Crippen LogP contribution in [0.2, 0.25) is 0 Å². The molecule has 6 nitrogen and oxygen atoms in total. The third-order valence-corrected chi connectivity index (χ3v) is 6.07. The van der Waals surface area contributed by atoms with Gasteiger partial charge in [0.2, 0.25) is 0 Å². The van der Waals surface area contributed by atoms with Gasteiger partial charge in [0.25, 0.3) is 0 Å². The lowest BCUT2D eigenvalue weighted by Gasteiger charge is -2.02. The van der Waals surface area contributed by atoms with Gasteiger partial charge in [0.15, 0.2) is 0 Å². The standard InChI is InChI=1S/C25H18N4O2S/c30-23(31)15-18(25-27-21-8-4-5-9-22(21)32-25)14-19-16-29(20-6-2-1-3-7-20)28-24(19)17-10-12-26-13-11-17/h1-14,16H,15H2,(H,30,31)/b18-14+. The summed E-state index contributed by atoms with van der Waals surface area (Å²) in [5.41, 5.74) is 4.89. The fourth-order valence-corrected chi connectivity index (χ4v) is 4.47. The van der Waals surface area contributed by atoms with Crippen LogP contribution in [-0.4, -0.2) is 30.8 Å². The zero-order valence-corrected chi connectivity index (χ0v) is 17.7. The summed E-state index contributed by atoms with van der Waals surface area (Å²) < 4.78 is 2.83. The Labute approximate surface area is 188 Å². The van der Waals surface area contributed by atoms with Crippen LogP contribution in [-0.2, 0) is 4.79 Å². The van der Waals surface area contributed by atoms with Crippen molar-refractivity contribution in [3.05, 3.63) is 95.9 Å². The summed E-state index contributed by atoms with van der Waals surface area (Å²) in [4.78, 5) is 20.5. The van der Waals surface area contributed by atoms with Gasteiger partial charge >= 0.3 is 5.97 Å². The molecule has 3 aromatic heterocycles. The van der Waals surface area contributed by atoms with Crippen LogP contribution in [0, 0.1) is 0 Å². The zero-order valence-electron chi connectivity index (χ0n) is 16.9. The van der Waals surface area contributed by atoms with Crippen molar-refractivity contribution in [3.8, 4) is 16.9 Å². The van der Waals surface area contributed by atoms with Gasteiger partial charge in [-0.1, -0.05) is 30.3 Å². The highest BCUT2D eigenvalue weighted by Crippen LogP contribution is 2.32. The molecule has 7 heteroatoms. The highest BCUT2D eigenvalue weighted by atomic mass is 32.1. The molecule has 0 aliphatic rings. The third kappa shape index (κ3) is 4.06. The molecule has 5 aromatic rings. The average molecular weight is 439 g/mol. The Hall–Kier alpha value is -4.10. The van der Waals surface area contributed by atoms with Gasteiger partial charge in [0, 0.05) is 29.7 Å². The highest BCUT2D eigenvalue weighted by molar-refractivity contribution is 7.19. The fraction of sp³-hybridized carbons (Fsp3) is 0.0400. The number of hydrogen-bond acceptors (Lipinski definition) is 5. The summed E-state index contributed by atoms with van der Waals surface area (Å²) in [7, 11) is 0. The Morgan fingerprint density at radius 1 is 1.00 bits per heavy atom. The summed E-state index contributed by atoms with van der Waals surface area (Å²) in [6.07, 6.45) is 7.10. The van der Waals surface area contributed by atoms with E-state index in [-0.39, 0.29) is 6.42 Å². The number of carboxylic acids is 1. The van der Waals surface area contributed by atoms with Crippen molar-refractivity contribution < 1.29 is 9.90 Å². The van der Waals surface area contributed by atoms with Crippen LogP contribution in [0.15, 0.2) is 85.3 Å². The number of thiazole rings is 1. The number of fused-ring (bicyclic) bond motifs is 1. The van der Waals surface area contributed by atoms with E-state index < -0.39 is 5.97 Å². The van der Waals surface area contributed by atoms with Crippen molar-refractivity contribution in [3.63, 3.8) is 0 Å². The fourth-order valence-electron chi connectivity index (χ4n) is 3.49. The lowest BCUT2D eigenvalue weighted by Crippen LogP contribution is -1.97.